The summed E-state index contributed by atoms with van der Waals surface area (Å²) in [6.45, 7) is 2.13. The molecule has 0 bridgehead atoms. The number of benzene rings is 3. The molecule has 0 spiro atoms. The number of aryl methyl sites for hydroxylation is 1. The summed E-state index contributed by atoms with van der Waals surface area (Å²) in [6.07, 6.45) is 0.341. The first-order chi connectivity index (χ1) is 14.4. The van der Waals surface area contributed by atoms with Crippen molar-refractivity contribution in [1.29, 1.82) is 0 Å². The van der Waals surface area contributed by atoms with Crippen LogP contribution in [0.25, 0.3) is 0 Å². The normalized spacial score (nSPS) is 11.3. The molecule has 0 unspecified atom stereocenters. The number of amides is 1. The minimum Gasteiger partial charge on any atom is -0.352 e. The van der Waals surface area contributed by atoms with Gasteiger partial charge in [-0.2, -0.15) is 0 Å². The smallest absolute Gasteiger partial charge is 0.251 e. The average Bonchev–Trinajstić information content (AvgIpc) is 2.74. The van der Waals surface area contributed by atoms with E-state index in [-0.39, 0.29) is 29.4 Å². The highest BCUT2D eigenvalue weighted by Gasteiger charge is 2.18. The Morgan fingerprint density at radius 1 is 0.967 bits per heavy atom. The van der Waals surface area contributed by atoms with Gasteiger partial charge in [-0.25, -0.2) is 17.5 Å². The molecule has 5 nitrogen and oxygen atoms in total. The lowest BCUT2D eigenvalue weighted by Gasteiger charge is -2.11. The molecule has 156 valence electrons. The fourth-order valence-corrected chi connectivity index (χ4v) is 4.02. The minimum absolute atomic E-state index is 0.0169. The highest BCUT2D eigenvalue weighted by Crippen LogP contribution is 2.16. The van der Waals surface area contributed by atoms with Crippen molar-refractivity contribution in [2.75, 3.05) is 6.54 Å². The Morgan fingerprint density at radius 3 is 2.40 bits per heavy atom. The van der Waals surface area contributed by atoms with Crippen LogP contribution in [-0.4, -0.2) is 20.9 Å². The van der Waals surface area contributed by atoms with Crippen LogP contribution in [0.5, 0.6) is 0 Å². The van der Waals surface area contributed by atoms with Gasteiger partial charge in [0.2, 0.25) is 10.0 Å². The maximum atomic E-state index is 13.7. The van der Waals surface area contributed by atoms with E-state index in [2.05, 4.69) is 10.0 Å². The van der Waals surface area contributed by atoms with Crippen molar-refractivity contribution < 1.29 is 17.6 Å². The third kappa shape index (κ3) is 5.52. The Hall–Kier alpha value is -3.03. The summed E-state index contributed by atoms with van der Waals surface area (Å²) in [5.74, 6) is -0.718. The van der Waals surface area contributed by atoms with Gasteiger partial charge < -0.3 is 5.32 Å². The van der Waals surface area contributed by atoms with Gasteiger partial charge in [0, 0.05) is 18.7 Å². The Bertz CT molecular complexity index is 1130. The SMILES string of the molecule is Cc1ccc(S(=O)(=O)NCc2ccccc2)cc1C(=O)NCCc1ccccc1F. The van der Waals surface area contributed by atoms with Crippen LogP contribution in [0.1, 0.15) is 27.0 Å². The average molecular weight is 427 g/mol. The number of rotatable bonds is 8. The van der Waals surface area contributed by atoms with Crippen molar-refractivity contribution in [1.82, 2.24) is 10.0 Å². The Labute approximate surface area is 176 Å². The van der Waals surface area contributed by atoms with Crippen molar-refractivity contribution in [3.05, 3.63) is 101 Å². The van der Waals surface area contributed by atoms with Gasteiger partial charge in [0.1, 0.15) is 5.82 Å². The summed E-state index contributed by atoms with van der Waals surface area (Å²) in [5, 5.41) is 2.73. The van der Waals surface area contributed by atoms with E-state index in [0.29, 0.717) is 17.5 Å². The lowest BCUT2D eigenvalue weighted by atomic mass is 10.1. The molecule has 0 aliphatic carbocycles. The Kier molecular flexibility index (Phi) is 6.97. The van der Waals surface area contributed by atoms with Crippen molar-refractivity contribution in [3.8, 4) is 0 Å². The lowest BCUT2D eigenvalue weighted by molar-refractivity contribution is 0.0953. The van der Waals surface area contributed by atoms with Crippen molar-refractivity contribution in [2.45, 2.75) is 24.8 Å². The summed E-state index contributed by atoms with van der Waals surface area (Å²) in [7, 11) is -3.78. The largest absolute Gasteiger partial charge is 0.352 e. The first-order valence-electron chi connectivity index (χ1n) is 9.52. The van der Waals surface area contributed by atoms with Crippen LogP contribution in [0.2, 0.25) is 0 Å². The van der Waals surface area contributed by atoms with Crippen LogP contribution in [0.4, 0.5) is 4.39 Å². The van der Waals surface area contributed by atoms with Crippen LogP contribution in [0, 0.1) is 12.7 Å². The third-order valence-corrected chi connectivity index (χ3v) is 6.11. The van der Waals surface area contributed by atoms with Gasteiger partial charge in [-0.15, -0.1) is 0 Å². The van der Waals surface area contributed by atoms with Crippen LogP contribution in [-0.2, 0) is 23.0 Å². The lowest BCUT2D eigenvalue weighted by Crippen LogP contribution is -2.28. The highest BCUT2D eigenvalue weighted by atomic mass is 32.2. The number of carbonyl (C=O) groups excluding carboxylic acids is 1. The molecular weight excluding hydrogens is 403 g/mol. The van der Waals surface area contributed by atoms with E-state index in [0.717, 1.165) is 5.56 Å². The predicted molar refractivity (Wildman–Crippen MR) is 114 cm³/mol. The quantitative estimate of drug-likeness (QED) is 0.578. The molecule has 0 fully saturated rings. The summed E-state index contributed by atoms with van der Waals surface area (Å²) in [5.41, 5.74) is 2.27. The second-order valence-corrected chi connectivity index (χ2v) is 8.65. The van der Waals surface area contributed by atoms with E-state index >= 15 is 0 Å². The first-order valence-corrected chi connectivity index (χ1v) is 11.0. The maximum Gasteiger partial charge on any atom is 0.251 e. The molecule has 0 aliphatic heterocycles. The predicted octanol–water partition coefficient (Wildman–Crippen LogP) is 3.59. The molecule has 0 atom stereocenters. The molecule has 30 heavy (non-hydrogen) atoms. The topological polar surface area (TPSA) is 75.3 Å². The molecule has 1 amide bonds. The first kappa shape index (κ1) is 21.7. The minimum atomic E-state index is -3.78. The van der Waals surface area contributed by atoms with E-state index in [4.69, 9.17) is 0 Å². The number of hydrogen-bond donors (Lipinski definition) is 2. The van der Waals surface area contributed by atoms with Crippen LogP contribution < -0.4 is 10.0 Å². The zero-order chi connectivity index (χ0) is 21.6. The van der Waals surface area contributed by atoms with Crippen LogP contribution in [0.15, 0.2) is 77.7 Å². The fourth-order valence-electron chi connectivity index (χ4n) is 2.98. The van der Waals surface area contributed by atoms with Gasteiger partial charge in [-0.05, 0) is 48.2 Å². The molecule has 0 aliphatic rings. The molecule has 7 heteroatoms. The molecule has 3 aromatic rings. The Balaban J connectivity index is 1.67. The Morgan fingerprint density at radius 2 is 1.67 bits per heavy atom. The van der Waals surface area contributed by atoms with Crippen LogP contribution in [0.3, 0.4) is 0 Å². The molecular formula is C23H23FN2O3S. The second-order valence-electron chi connectivity index (χ2n) is 6.88. The summed E-state index contributed by atoms with van der Waals surface area (Å²) < 4.78 is 41.5. The highest BCUT2D eigenvalue weighted by molar-refractivity contribution is 7.89. The second kappa shape index (κ2) is 9.65. The van der Waals surface area contributed by atoms with Gasteiger partial charge in [0.05, 0.1) is 4.90 Å². The van der Waals surface area contributed by atoms with E-state index < -0.39 is 15.9 Å². The van der Waals surface area contributed by atoms with Gasteiger partial charge in [0.15, 0.2) is 0 Å². The summed E-state index contributed by atoms with van der Waals surface area (Å²) in [6, 6.07) is 20.0. The number of nitrogens with one attached hydrogen (secondary N) is 2. The van der Waals surface area contributed by atoms with Crippen molar-refractivity contribution in [2.24, 2.45) is 0 Å². The van der Waals surface area contributed by atoms with Gasteiger partial charge in [-0.1, -0.05) is 54.6 Å². The molecule has 2 N–H and O–H groups in total. The third-order valence-electron chi connectivity index (χ3n) is 4.71. The summed E-state index contributed by atoms with van der Waals surface area (Å²) in [4.78, 5) is 12.6. The van der Waals surface area contributed by atoms with E-state index in [9.17, 15) is 17.6 Å². The zero-order valence-electron chi connectivity index (χ0n) is 16.6. The van der Waals surface area contributed by atoms with Gasteiger partial charge in [0.25, 0.3) is 5.91 Å². The van der Waals surface area contributed by atoms with Crippen molar-refractivity contribution >= 4 is 15.9 Å². The van der Waals surface area contributed by atoms with E-state index in [1.165, 1.54) is 18.2 Å². The van der Waals surface area contributed by atoms with Crippen LogP contribution >= 0.6 is 0 Å². The van der Waals surface area contributed by atoms with E-state index in [1.807, 2.05) is 30.3 Å². The standard InChI is InChI=1S/C23H23FN2O3S/c1-17-11-12-20(30(28,29)26-16-18-7-3-2-4-8-18)15-21(17)23(27)25-14-13-19-9-5-6-10-22(19)24/h2-12,15,26H,13-14,16H2,1H3,(H,25,27). The molecule has 0 heterocycles. The van der Waals surface area contributed by atoms with E-state index in [1.54, 1.807) is 31.2 Å². The number of carbonyl (C=O) groups is 1. The molecule has 0 saturated carbocycles. The monoisotopic (exact) mass is 426 g/mol. The van der Waals surface area contributed by atoms with Gasteiger partial charge >= 0.3 is 0 Å². The number of halogens is 1. The summed E-state index contributed by atoms with van der Waals surface area (Å²) >= 11 is 0. The number of hydrogen-bond acceptors (Lipinski definition) is 3. The number of sulfonamides is 1. The molecule has 3 rings (SSSR count). The zero-order valence-corrected chi connectivity index (χ0v) is 17.4. The van der Waals surface area contributed by atoms with Crippen molar-refractivity contribution in [3.63, 3.8) is 0 Å². The fraction of sp³-hybridized carbons (Fsp3) is 0.174. The molecule has 0 aromatic heterocycles. The van der Waals surface area contributed by atoms with Gasteiger partial charge in [-0.3, -0.25) is 4.79 Å². The molecule has 0 radical (unpaired) electrons. The molecule has 0 saturated heterocycles. The maximum absolute atomic E-state index is 13.7. The molecule has 3 aromatic carbocycles.